The molecule has 0 saturated heterocycles. The van der Waals surface area contributed by atoms with Crippen molar-refractivity contribution in [2.45, 2.75) is 6.04 Å². The van der Waals surface area contributed by atoms with Crippen molar-refractivity contribution >= 4 is 20.6 Å². The van der Waals surface area contributed by atoms with Crippen LogP contribution in [0.2, 0.25) is 0 Å². The molecule has 0 fully saturated rings. The van der Waals surface area contributed by atoms with Crippen molar-refractivity contribution in [2.75, 3.05) is 37.2 Å². The summed E-state index contributed by atoms with van der Waals surface area (Å²) in [6, 6.07) is -0.291. The quantitative estimate of drug-likeness (QED) is 0.604. The molecule has 0 aromatic heterocycles. The van der Waals surface area contributed by atoms with Gasteiger partial charge in [0.05, 0.1) is 12.4 Å². The van der Waals surface area contributed by atoms with Gasteiger partial charge in [-0.2, -0.15) is 0 Å². The van der Waals surface area contributed by atoms with Crippen LogP contribution >= 0.6 is 0 Å². The summed E-state index contributed by atoms with van der Waals surface area (Å²) < 4.78 is 37.6. The van der Waals surface area contributed by atoms with Gasteiger partial charge in [0.15, 0.2) is 0 Å². The van der Waals surface area contributed by atoms with E-state index in [9.17, 15) is 12.6 Å². The van der Waals surface area contributed by atoms with Crippen LogP contribution in [0, 0.1) is 0 Å². The van der Waals surface area contributed by atoms with Crippen molar-refractivity contribution in [1.29, 1.82) is 0 Å². The molecule has 0 aromatic carbocycles. The van der Waals surface area contributed by atoms with Gasteiger partial charge in [-0.25, -0.2) is 8.42 Å². The van der Waals surface area contributed by atoms with Crippen LogP contribution in [0.3, 0.4) is 0 Å². The Morgan fingerprint density at radius 2 is 2.07 bits per heavy atom. The van der Waals surface area contributed by atoms with E-state index in [2.05, 4.69) is 0 Å². The first kappa shape index (κ1) is 14.0. The third-order valence-corrected chi connectivity index (χ3v) is 4.13. The first-order valence-corrected chi connectivity index (χ1v) is 7.67. The molecule has 0 heterocycles. The lowest BCUT2D eigenvalue weighted by Gasteiger charge is -2.09. The van der Waals surface area contributed by atoms with E-state index in [-0.39, 0.29) is 23.3 Å². The third-order valence-electron chi connectivity index (χ3n) is 1.46. The van der Waals surface area contributed by atoms with Gasteiger partial charge in [-0.1, -0.05) is 0 Å². The van der Waals surface area contributed by atoms with E-state index in [0.29, 0.717) is 6.61 Å². The molecule has 2 N–H and O–H groups in total. The maximum atomic E-state index is 11.3. The summed E-state index contributed by atoms with van der Waals surface area (Å²) in [5.74, 6) is 0.374. The van der Waals surface area contributed by atoms with Gasteiger partial charge in [0.25, 0.3) is 0 Å². The zero-order valence-corrected chi connectivity index (χ0v) is 10.1. The summed E-state index contributed by atoms with van der Waals surface area (Å²) in [7, 11) is -2.70. The van der Waals surface area contributed by atoms with Crippen LogP contribution in [0.4, 0.5) is 0 Å². The summed E-state index contributed by atoms with van der Waals surface area (Å²) in [6.07, 6.45) is 1.12. The highest BCUT2D eigenvalue weighted by Crippen LogP contribution is 1.91. The second-order valence-electron chi connectivity index (χ2n) is 3.16. The number of ether oxygens (including phenoxy) is 1. The zero-order valence-electron chi connectivity index (χ0n) is 8.43. The molecule has 5 nitrogen and oxygen atoms in total. The van der Waals surface area contributed by atoms with Crippen LogP contribution < -0.4 is 5.73 Å². The maximum absolute atomic E-state index is 11.3. The van der Waals surface area contributed by atoms with Gasteiger partial charge in [-0.15, -0.1) is 0 Å². The Bertz CT molecular complexity index is 275. The van der Waals surface area contributed by atoms with Crippen molar-refractivity contribution in [3.8, 4) is 0 Å². The largest absolute Gasteiger partial charge is 0.383 e. The van der Waals surface area contributed by atoms with Crippen LogP contribution in [0.5, 0.6) is 0 Å². The molecule has 0 aliphatic carbocycles. The molecular weight excluding hydrogens is 226 g/mol. The van der Waals surface area contributed by atoms with Crippen molar-refractivity contribution in [2.24, 2.45) is 5.73 Å². The van der Waals surface area contributed by atoms with Crippen molar-refractivity contribution in [3.63, 3.8) is 0 Å². The number of methoxy groups -OCH3 is 1. The summed E-state index contributed by atoms with van der Waals surface area (Å²) in [4.78, 5) is 0. The molecule has 0 radical (unpaired) electrons. The van der Waals surface area contributed by atoms with Crippen LogP contribution in [-0.2, 0) is 25.4 Å². The minimum atomic E-state index is -3.03. The fourth-order valence-corrected chi connectivity index (χ4v) is 3.52. The summed E-state index contributed by atoms with van der Waals surface area (Å²) in [5, 5.41) is 0. The highest BCUT2D eigenvalue weighted by atomic mass is 32.2. The molecule has 0 aliphatic heterocycles. The predicted octanol–water partition coefficient (Wildman–Crippen LogP) is -1.25. The highest BCUT2D eigenvalue weighted by Gasteiger charge is 2.10. The van der Waals surface area contributed by atoms with E-state index < -0.39 is 20.6 Å². The molecule has 0 amide bonds. The molecule has 0 bridgehead atoms. The van der Waals surface area contributed by atoms with Gasteiger partial charge in [0.2, 0.25) is 0 Å². The molecule has 0 aliphatic rings. The lowest BCUT2D eigenvalue weighted by Crippen LogP contribution is -2.33. The summed E-state index contributed by atoms with van der Waals surface area (Å²) >= 11 is 0. The molecule has 0 rings (SSSR count). The molecule has 0 spiro atoms. The number of nitrogens with two attached hydrogens (primary N) is 1. The molecule has 2 unspecified atom stereocenters. The SMILES string of the molecule is COCC(N)CS(=O)CCS(C)(=O)=O. The van der Waals surface area contributed by atoms with Gasteiger partial charge >= 0.3 is 0 Å². The van der Waals surface area contributed by atoms with Crippen LogP contribution in [-0.4, -0.2) is 55.9 Å². The number of hydrogen-bond acceptors (Lipinski definition) is 5. The zero-order chi connectivity index (χ0) is 11.2. The lowest BCUT2D eigenvalue weighted by atomic mass is 10.4. The smallest absolute Gasteiger partial charge is 0.148 e. The molecule has 86 valence electrons. The molecule has 0 aromatic rings. The standard InChI is InChI=1S/C7H17NO4S2/c1-12-5-7(8)6-13(9)3-4-14(2,10)11/h7H,3-6,8H2,1-2H3. The van der Waals surface area contributed by atoms with E-state index in [0.717, 1.165) is 6.26 Å². The first-order chi connectivity index (χ1) is 6.35. The Labute approximate surface area is 87.4 Å². The van der Waals surface area contributed by atoms with Gasteiger partial charge in [-0.05, 0) is 0 Å². The molecule has 0 saturated carbocycles. The first-order valence-electron chi connectivity index (χ1n) is 4.12. The second-order valence-corrected chi connectivity index (χ2v) is 7.04. The van der Waals surface area contributed by atoms with Gasteiger partial charge in [0.1, 0.15) is 9.84 Å². The van der Waals surface area contributed by atoms with Gasteiger partial charge in [-0.3, -0.25) is 4.21 Å². The van der Waals surface area contributed by atoms with Crippen molar-refractivity contribution in [3.05, 3.63) is 0 Å². The topological polar surface area (TPSA) is 86.5 Å². The molecular formula is C7H17NO4S2. The van der Waals surface area contributed by atoms with Gasteiger partial charge in [0, 0.05) is 41.7 Å². The Morgan fingerprint density at radius 1 is 1.50 bits per heavy atom. The lowest BCUT2D eigenvalue weighted by molar-refractivity contribution is 0.186. The Morgan fingerprint density at radius 3 is 2.50 bits per heavy atom. The van der Waals surface area contributed by atoms with Crippen LogP contribution in [0.1, 0.15) is 0 Å². The van der Waals surface area contributed by atoms with Crippen LogP contribution in [0.15, 0.2) is 0 Å². The highest BCUT2D eigenvalue weighted by molar-refractivity contribution is 7.92. The molecule has 2 atom stereocenters. The molecule has 14 heavy (non-hydrogen) atoms. The maximum Gasteiger partial charge on any atom is 0.148 e. The minimum absolute atomic E-state index is 0.0562. The van der Waals surface area contributed by atoms with Crippen LogP contribution in [0.25, 0.3) is 0 Å². The summed E-state index contributed by atoms with van der Waals surface area (Å²) in [5.41, 5.74) is 5.56. The monoisotopic (exact) mass is 243 g/mol. The average Bonchev–Trinajstić information content (AvgIpc) is 2.00. The minimum Gasteiger partial charge on any atom is -0.383 e. The number of sulfone groups is 1. The number of rotatable bonds is 7. The summed E-state index contributed by atoms with van der Waals surface area (Å²) in [6.45, 7) is 0.338. The molecule has 7 heteroatoms. The Balaban J connectivity index is 3.77. The normalized spacial score (nSPS) is 16.5. The van der Waals surface area contributed by atoms with E-state index in [1.54, 1.807) is 0 Å². The van der Waals surface area contributed by atoms with E-state index in [1.807, 2.05) is 0 Å². The second kappa shape index (κ2) is 6.49. The fourth-order valence-electron chi connectivity index (χ4n) is 0.829. The van der Waals surface area contributed by atoms with Crippen molar-refractivity contribution in [1.82, 2.24) is 0 Å². The van der Waals surface area contributed by atoms with E-state index >= 15 is 0 Å². The van der Waals surface area contributed by atoms with E-state index in [4.69, 9.17) is 10.5 Å². The number of hydrogen-bond donors (Lipinski definition) is 1. The van der Waals surface area contributed by atoms with E-state index in [1.165, 1.54) is 7.11 Å². The van der Waals surface area contributed by atoms with Crippen molar-refractivity contribution < 1.29 is 17.4 Å². The van der Waals surface area contributed by atoms with Gasteiger partial charge < -0.3 is 10.5 Å². The average molecular weight is 243 g/mol. The Hall–Kier alpha value is 0.0200. The fraction of sp³-hybridized carbons (Fsp3) is 1.00. The predicted molar refractivity (Wildman–Crippen MR) is 57.4 cm³/mol. The third kappa shape index (κ3) is 8.61. The Kier molecular flexibility index (Phi) is 6.50.